The van der Waals surface area contributed by atoms with Crippen molar-refractivity contribution in [1.82, 2.24) is 19.9 Å². The van der Waals surface area contributed by atoms with Crippen LogP contribution in [0.5, 0.6) is 0 Å². The van der Waals surface area contributed by atoms with Crippen LogP contribution < -0.4 is 0 Å². The summed E-state index contributed by atoms with van der Waals surface area (Å²) in [5.74, 6) is 6.08. The van der Waals surface area contributed by atoms with Gasteiger partial charge < -0.3 is 9.26 Å². The average Bonchev–Trinajstić information content (AvgIpc) is 3.38. The van der Waals surface area contributed by atoms with E-state index in [1.54, 1.807) is 0 Å². The molecule has 1 saturated heterocycles. The Morgan fingerprint density at radius 2 is 1.94 bits per heavy atom. The fourth-order valence-corrected chi connectivity index (χ4v) is 6.33. The Kier molecular flexibility index (Phi) is 5.34. The van der Waals surface area contributed by atoms with E-state index in [1.807, 2.05) is 49.8 Å². The first-order valence-corrected chi connectivity index (χ1v) is 13.5. The molecule has 8 nitrogen and oxygen atoms in total. The predicted octanol–water partition coefficient (Wildman–Crippen LogP) is 3.97. The largest absolute Gasteiger partial charge is 0.460 e. The third-order valence-corrected chi connectivity index (χ3v) is 8.44. The first-order chi connectivity index (χ1) is 15.6. The first kappa shape index (κ1) is 22.1. The van der Waals surface area contributed by atoms with Gasteiger partial charge in [-0.1, -0.05) is 11.2 Å². The van der Waals surface area contributed by atoms with E-state index in [-0.39, 0.29) is 23.8 Å². The smallest absolute Gasteiger partial charge is 0.309 e. The van der Waals surface area contributed by atoms with Crippen molar-refractivity contribution < 1.29 is 18.3 Å². The number of ether oxygens (including phenoxy) is 1. The van der Waals surface area contributed by atoms with Gasteiger partial charge in [0.05, 0.1) is 23.7 Å². The second kappa shape index (κ2) is 7.97. The molecule has 2 fully saturated rings. The summed E-state index contributed by atoms with van der Waals surface area (Å²) in [6.07, 6.45) is 5.03. The number of rotatable bonds is 4. The zero-order chi connectivity index (χ0) is 23.4. The van der Waals surface area contributed by atoms with Crippen molar-refractivity contribution in [2.24, 2.45) is 5.92 Å². The maximum atomic E-state index is 12.4. The van der Waals surface area contributed by atoms with E-state index < -0.39 is 15.1 Å². The summed E-state index contributed by atoms with van der Waals surface area (Å²) in [5, 5.41) is 9.76. The van der Waals surface area contributed by atoms with Crippen molar-refractivity contribution in [3.05, 3.63) is 30.2 Å². The van der Waals surface area contributed by atoms with Crippen molar-refractivity contribution in [2.75, 3.05) is 11.5 Å². The molecule has 2 aromatic heterocycles. The Labute approximate surface area is 193 Å². The molecule has 0 bridgehead atoms. The SMILES string of the molecule is C=S1(=O)CC(n2ncc3ccc(-c4nc(C5CCC(C(=O)OC(C)(C)C)CC5)no4)cc32)C1. The average molecular weight is 471 g/mol. The van der Waals surface area contributed by atoms with Crippen LogP contribution >= 0.6 is 0 Å². The molecule has 5 rings (SSSR count). The molecule has 0 N–H and O–H groups in total. The molecule has 1 saturated carbocycles. The molecule has 0 amide bonds. The molecule has 1 aliphatic carbocycles. The van der Waals surface area contributed by atoms with Gasteiger partial charge in [-0.15, -0.1) is 0 Å². The normalized spacial score (nSPS) is 27.9. The highest BCUT2D eigenvalue weighted by Gasteiger charge is 2.33. The maximum absolute atomic E-state index is 12.4. The number of carbonyl (C=O) groups is 1. The topological polar surface area (TPSA) is 100 Å². The quantitative estimate of drug-likeness (QED) is 0.420. The van der Waals surface area contributed by atoms with Crippen LogP contribution in [-0.4, -0.2) is 53.1 Å². The molecule has 3 aromatic rings. The molecular formula is C24H30N4O4S. The molecule has 176 valence electrons. The Balaban J connectivity index is 1.29. The lowest BCUT2D eigenvalue weighted by molar-refractivity contribution is -0.161. The van der Waals surface area contributed by atoms with E-state index in [0.29, 0.717) is 23.2 Å². The number of aromatic nitrogens is 4. The van der Waals surface area contributed by atoms with Gasteiger partial charge in [0.2, 0.25) is 0 Å². The van der Waals surface area contributed by atoms with Gasteiger partial charge in [0.1, 0.15) is 5.60 Å². The van der Waals surface area contributed by atoms with Gasteiger partial charge >= 0.3 is 5.97 Å². The van der Waals surface area contributed by atoms with Gasteiger partial charge in [0.15, 0.2) is 5.82 Å². The highest BCUT2D eigenvalue weighted by Crippen LogP contribution is 2.37. The highest BCUT2D eigenvalue weighted by molar-refractivity contribution is 8.01. The molecule has 1 aliphatic heterocycles. The van der Waals surface area contributed by atoms with Crippen LogP contribution in [0.4, 0.5) is 0 Å². The molecule has 9 heteroatoms. The monoisotopic (exact) mass is 470 g/mol. The lowest BCUT2D eigenvalue weighted by atomic mass is 9.81. The van der Waals surface area contributed by atoms with E-state index in [0.717, 1.165) is 42.1 Å². The van der Waals surface area contributed by atoms with Gasteiger partial charge in [-0.2, -0.15) is 10.1 Å². The van der Waals surface area contributed by atoms with Crippen LogP contribution in [0.25, 0.3) is 22.4 Å². The molecular weight excluding hydrogens is 440 g/mol. The zero-order valence-electron chi connectivity index (χ0n) is 19.3. The van der Waals surface area contributed by atoms with Gasteiger partial charge in [-0.25, -0.2) is 0 Å². The van der Waals surface area contributed by atoms with E-state index in [9.17, 15) is 9.00 Å². The van der Waals surface area contributed by atoms with Crippen molar-refractivity contribution in [2.45, 2.75) is 64.0 Å². The van der Waals surface area contributed by atoms with E-state index >= 15 is 0 Å². The molecule has 0 spiro atoms. The number of hydrogen-bond donors (Lipinski definition) is 0. The fraction of sp³-hybridized carbons (Fsp3) is 0.542. The summed E-state index contributed by atoms with van der Waals surface area (Å²) < 4.78 is 25.1. The summed E-state index contributed by atoms with van der Waals surface area (Å²) in [6, 6.07) is 6.06. The molecule has 33 heavy (non-hydrogen) atoms. The van der Waals surface area contributed by atoms with E-state index in [1.165, 1.54) is 0 Å². The summed E-state index contributed by atoms with van der Waals surface area (Å²) in [5.41, 5.74) is 1.34. The van der Waals surface area contributed by atoms with Crippen molar-refractivity contribution in [3.8, 4) is 11.5 Å². The minimum atomic E-state index is -1.95. The van der Waals surface area contributed by atoms with Gasteiger partial charge in [-0.3, -0.25) is 13.7 Å². The van der Waals surface area contributed by atoms with Crippen LogP contribution in [-0.2, 0) is 19.1 Å². The van der Waals surface area contributed by atoms with Crippen LogP contribution in [0, 0.1) is 5.92 Å². The molecule has 2 aliphatic rings. The zero-order valence-corrected chi connectivity index (χ0v) is 20.1. The Morgan fingerprint density at radius 1 is 1.21 bits per heavy atom. The lowest BCUT2D eigenvalue weighted by Crippen LogP contribution is -2.38. The summed E-state index contributed by atoms with van der Waals surface area (Å²) >= 11 is 0. The van der Waals surface area contributed by atoms with Crippen LogP contribution in [0.3, 0.4) is 0 Å². The van der Waals surface area contributed by atoms with E-state index in [4.69, 9.17) is 9.26 Å². The van der Waals surface area contributed by atoms with Crippen molar-refractivity contribution in [1.29, 1.82) is 0 Å². The number of carbonyl (C=O) groups excluding carboxylic acids is 1. The van der Waals surface area contributed by atoms with Crippen molar-refractivity contribution >= 4 is 32.3 Å². The molecule has 3 heterocycles. The van der Waals surface area contributed by atoms with Gasteiger partial charge in [0.25, 0.3) is 5.89 Å². The Bertz CT molecular complexity index is 1280. The van der Waals surface area contributed by atoms with Gasteiger partial charge in [-0.05, 0) is 74.0 Å². The Morgan fingerprint density at radius 3 is 2.61 bits per heavy atom. The van der Waals surface area contributed by atoms with Crippen LogP contribution in [0.2, 0.25) is 0 Å². The second-order valence-corrected chi connectivity index (χ2v) is 13.0. The summed E-state index contributed by atoms with van der Waals surface area (Å²) in [4.78, 5) is 17.0. The minimum Gasteiger partial charge on any atom is -0.460 e. The number of hydrogen-bond acceptors (Lipinski definition) is 7. The Hall–Kier alpha value is -2.68. The van der Waals surface area contributed by atoms with Crippen LogP contribution in [0.1, 0.15) is 64.2 Å². The van der Waals surface area contributed by atoms with E-state index in [2.05, 4.69) is 21.1 Å². The van der Waals surface area contributed by atoms with Crippen LogP contribution in [0.15, 0.2) is 28.9 Å². The molecule has 1 aromatic carbocycles. The number of benzene rings is 1. The summed E-state index contributed by atoms with van der Waals surface area (Å²) in [6.45, 7) is 5.69. The number of fused-ring (bicyclic) bond motifs is 1. The maximum Gasteiger partial charge on any atom is 0.309 e. The highest BCUT2D eigenvalue weighted by atomic mass is 32.2. The predicted molar refractivity (Wildman–Crippen MR) is 128 cm³/mol. The summed E-state index contributed by atoms with van der Waals surface area (Å²) in [7, 11) is -1.95. The third-order valence-electron chi connectivity index (χ3n) is 6.46. The number of nitrogens with zero attached hydrogens (tertiary/aromatic N) is 4. The minimum absolute atomic E-state index is 0.0611. The standard InChI is InChI=1S/C24H30N4O4S/c1-24(2,3)31-23(29)16-7-5-15(6-8-16)21-26-22(32-27-21)17-9-10-18-12-25-28(20(18)11-17)19-13-33(4,30)14-19/h9-12,15-16,19H,4-8,13-14H2,1-3H3. The lowest BCUT2D eigenvalue weighted by Gasteiger charge is -2.30. The molecule has 0 unspecified atom stereocenters. The molecule has 0 atom stereocenters. The van der Waals surface area contributed by atoms with Crippen molar-refractivity contribution in [3.63, 3.8) is 0 Å². The number of esters is 1. The second-order valence-electron chi connectivity index (χ2n) is 10.4. The fourth-order valence-electron chi connectivity index (χ4n) is 4.75. The third kappa shape index (κ3) is 4.55. The van der Waals surface area contributed by atoms with Gasteiger partial charge in [0, 0.05) is 28.4 Å². The first-order valence-electron chi connectivity index (χ1n) is 11.4. The molecule has 0 radical (unpaired) electrons.